The summed E-state index contributed by atoms with van der Waals surface area (Å²) in [6.45, 7) is 2.86. The third kappa shape index (κ3) is 4.03. The molecule has 0 fully saturated rings. The highest BCUT2D eigenvalue weighted by atomic mass is 32.2. The molecule has 0 aliphatic rings. The number of ether oxygens (including phenoxy) is 1. The fourth-order valence-corrected chi connectivity index (χ4v) is 1.40. The van der Waals surface area contributed by atoms with Gasteiger partial charge in [-0.15, -0.1) is 0 Å². The van der Waals surface area contributed by atoms with Crippen LogP contribution in [0.2, 0.25) is 0 Å². The highest BCUT2D eigenvalue weighted by Gasteiger charge is 2.39. The van der Waals surface area contributed by atoms with Gasteiger partial charge < -0.3 is 9.84 Å². The van der Waals surface area contributed by atoms with Crippen LogP contribution in [0.15, 0.2) is 0 Å². The molecule has 0 radical (unpaired) electrons. The van der Waals surface area contributed by atoms with Crippen molar-refractivity contribution in [2.45, 2.75) is 25.6 Å². The average Bonchev–Trinajstić information content (AvgIpc) is 1.98. The van der Waals surface area contributed by atoms with E-state index >= 15 is 0 Å². The molecule has 0 saturated heterocycles. The lowest BCUT2D eigenvalue weighted by atomic mass is 10.0. The lowest BCUT2D eigenvalue weighted by Crippen LogP contribution is -2.46. The monoisotopic (exact) mass is 226 g/mol. The van der Waals surface area contributed by atoms with Crippen LogP contribution in [0.4, 0.5) is 0 Å². The van der Waals surface area contributed by atoms with E-state index in [9.17, 15) is 13.2 Å². The number of carboxylic acid groups (broad SMARTS) is 1. The zero-order valence-corrected chi connectivity index (χ0v) is 9.29. The van der Waals surface area contributed by atoms with Crippen molar-refractivity contribution in [2.75, 3.05) is 13.4 Å². The number of carbonyl (C=O) groups is 1. The number of methoxy groups -OCH3 is 1. The molecule has 84 valence electrons. The maximum absolute atomic E-state index is 10.8. The maximum Gasteiger partial charge on any atom is 0.337 e. The Morgan fingerprint density at radius 1 is 1.43 bits per heavy atom. The zero-order chi connectivity index (χ0) is 11.6. The lowest BCUT2D eigenvalue weighted by Gasteiger charge is -2.28. The van der Waals surface area contributed by atoms with Gasteiger partial charge in [-0.1, -0.05) is 0 Å². The highest BCUT2D eigenvalue weighted by Crippen LogP contribution is 2.18. The molecule has 0 saturated carbocycles. The van der Waals surface area contributed by atoms with Crippen LogP contribution in [-0.4, -0.2) is 44.6 Å². The summed E-state index contributed by atoms with van der Waals surface area (Å²) in [5.74, 6) is -1.39. The Labute approximate surface area is 82.9 Å². The Morgan fingerprint density at radius 3 is 2.07 bits per heavy atom. The van der Waals surface area contributed by atoms with E-state index in [0.717, 1.165) is 6.26 Å². The van der Waals surface area contributed by atoms with Gasteiger partial charge in [-0.25, -0.2) is 4.79 Å². The summed E-state index contributed by atoms with van der Waals surface area (Å²) in [5, 5.41) is 8.73. The van der Waals surface area contributed by atoms with Crippen LogP contribution in [0.5, 0.6) is 0 Å². The number of aliphatic carboxylic acids is 1. The predicted octanol–water partition coefficient (Wildman–Crippen LogP) is -0.159. The van der Waals surface area contributed by atoms with Gasteiger partial charge in [0.25, 0.3) is 10.1 Å². The van der Waals surface area contributed by atoms with Crippen molar-refractivity contribution < 1.29 is 27.2 Å². The van der Waals surface area contributed by atoms with E-state index in [-0.39, 0.29) is 0 Å². The van der Waals surface area contributed by atoms with Crippen LogP contribution in [0.25, 0.3) is 0 Å². The summed E-state index contributed by atoms with van der Waals surface area (Å²) < 4.78 is 30.8. The first kappa shape index (κ1) is 13.3. The van der Waals surface area contributed by atoms with Crippen LogP contribution in [0, 0.1) is 0 Å². The number of carboxylic acids is 1. The van der Waals surface area contributed by atoms with Crippen LogP contribution in [-0.2, 0) is 23.8 Å². The highest BCUT2D eigenvalue weighted by molar-refractivity contribution is 7.86. The van der Waals surface area contributed by atoms with Gasteiger partial charge in [-0.05, 0) is 13.8 Å². The van der Waals surface area contributed by atoms with Gasteiger partial charge in [-0.3, -0.25) is 4.18 Å². The molecule has 0 amide bonds. The first-order valence-corrected chi connectivity index (χ1v) is 5.58. The summed E-state index contributed by atoms with van der Waals surface area (Å²) in [6, 6.07) is 0. The molecule has 0 rings (SSSR count). The summed E-state index contributed by atoms with van der Waals surface area (Å²) in [5.41, 5.74) is -1.21. The normalized spacial score (nSPS) is 15.1. The van der Waals surface area contributed by atoms with Gasteiger partial charge >= 0.3 is 5.97 Å². The minimum Gasteiger partial charge on any atom is -0.479 e. The molecule has 7 heteroatoms. The van der Waals surface area contributed by atoms with Crippen LogP contribution >= 0.6 is 0 Å². The Kier molecular flexibility index (Phi) is 4.04. The Bertz CT molecular complexity index is 304. The molecular weight excluding hydrogens is 212 g/mol. The summed E-state index contributed by atoms with van der Waals surface area (Å²) in [4.78, 5) is 10.7. The molecule has 0 aliphatic carbocycles. The van der Waals surface area contributed by atoms with E-state index in [1.807, 2.05) is 0 Å². The first-order chi connectivity index (χ1) is 6.10. The first-order valence-electron chi connectivity index (χ1n) is 3.76. The third-order valence-electron chi connectivity index (χ3n) is 1.65. The zero-order valence-electron chi connectivity index (χ0n) is 8.47. The second kappa shape index (κ2) is 4.24. The van der Waals surface area contributed by atoms with Gasteiger partial charge in [0.15, 0.2) is 0 Å². The maximum atomic E-state index is 10.8. The molecule has 0 aromatic rings. The molecule has 1 atom stereocenters. The Balaban J connectivity index is 4.89. The largest absolute Gasteiger partial charge is 0.479 e. The van der Waals surface area contributed by atoms with Crippen molar-refractivity contribution in [3.63, 3.8) is 0 Å². The number of rotatable bonds is 5. The molecule has 0 aromatic heterocycles. The third-order valence-corrected chi connectivity index (χ3v) is 2.19. The van der Waals surface area contributed by atoms with E-state index in [1.54, 1.807) is 0 Å². The topological polar surface area (TPSA) is 89.9 Å². The predicted molar refractivity (Wildman–Crippen MR) is 48.4 cm³/mol. The summed E-state index contributed by atoms with van der Waals surface area (Å²) >= 11 is 0. The van der Waals surface area contributed by atoms with E-state index in [0.29, 0.717) is 0 Å². The van der Waals surface area contributed by atoms with Crippen LogP contribution in [0.1, 0.15) is 13.8 Å². The van der Waals surface area contributed by atoms with Crippen molar-refractivity contribution in [1.82, 2.24) is 0 Å². The molecule has 0 bridgehead atoms. The van der Waals surface area contributed by atoms with Crippen molar-refractivity contribution in [3.8, 4) is 0 Å². The molecule has 0 aliphatic heterocycles. The van der Waals surface area contributed by atoms with Crippen LogP contribution in [0.3, 0.4) is 0 Å². The minimum absolute atomic E-state index is 0.786. The van der Waals surface area contributed by atoms with Crippen LogP contribution < -0.4 is 0 Å². The van der Waals surface area contributed by atoms with Gasteiger partial charge in [0.05, 0.1) is 6.26 Å². The second-order valence-electron chi connectivity index (χ2n) is 3.33. The molecule has 0 aromatic carbocycles. The fraction of sp³-hybridized carbons (Fsp3) is 0.857. The molecular formula is C7H14O6S. The quantitative estimate of drug-likeness (QED) is 0.655. The molecule has 14 heavy (non-hydrogen) atoms. The van der Waals surface area contributed by atoms with Crippen molar-refractivity contribution in [2.24, 2.45) is 0 Å². The van der Waals surface area contributed by atoms with Crippen molar-refractivity contribution in [3.05, 3.63) is 0 Å². The fourth-order valence-electron chi connectivity index (χ4n) is 0.736. The van der Waals surface area contributed by atoms with Crippen molar-refractivity contribution >= 4 is 16.1 Å². The molecule has 0 heterocycles. The van der Waals surface area contributed by atoms with E-state index < -0.39 is 27.8 Å². The van der Waals surface area contributed by atoms with Gasteiger partial charge in [0.1, 0.15) is 5.60 Å². The minimum atomic E-state index is -3.82. The van der Waals surface area contributed by atoms with E-state index in [2.05, 4.69) is 4.18 Å². The smallest absolute Gasteiger partial charge is 0.337 e. The Hall–Kier alpha value is -0.660. The molecule has 0 spiro atoms. The summed E-state index contributed by atoms with van der Waals surface area (Å²) in [7, 11) is -2.54. The number of hydrogen-bond acceptors (Lipinski definition) is 5. The lowest BCUT2D eigenvalue weighted by molar-refractivity contribution is -0.158. The SMILES string of the molecule is COC(C)(C)C(OS(C)(=O)=O)C(=O)O. The van der Waals surface area contributed by atoms with Crippen molar-refractivity contribution in [1.29, 1.82) is 0 Å². The molecule has 1 N–H and O–H groups in total. The Morgan fingerprint density at radius 2 is 1.86 bits per heavy atom. The van der Waals surface area contributed by atoms with Gasteiger partial charge in [0, 0.05) is 7.11 Å². The van der Waals surface area contributed by atoms with E-state index in [4.69, 9.17) is 9.84 Å². The van der Waals surface area contributed by atoms with Gasteiger partial charge in [-0.2, -0.15) is 8.42 Å². The second-order valence-corrected chi connectivity index (χ2v) is 4.93. The number of hydrogen-bond donors (Lipinski definition) is 1. The van der Waals surface area contributed by atoms with E-state index in [1.165, 1.54) is 21.0 Å². The average molecular weight is 226 g/mol. The summed E-state index contributed by atoms with van der Waals surface area (Å²) in [6.07, 6.45) is -0.767. The molecule has 6 nitrogen and oxygen atoms in total. The molecule has 1 unspecified atom stereocenters. The standard InChI is InChI=1S/C7H14O6S/c1-7(2,12-3)5(6(8)9)13-14(4,10)11/h5H,1-4H3,(H,8,9). The van der Waals surface area contributed by atoms with Gasteiger partial charge in [0.2, 0.25) is 6.10 Å².